The second-order valence-corrected chi connectivity index (χ2v) is 2.41. The van der Waals surface area contributed by atoms with Gasteiger partial charge in [0, 0.05) is 17.1 Å². The average molecular weight is 173 g/mol. The van der Waals surface area contributed by atoms with Crippen LogP contribution in [0.4, 0.5) is 0 Å². The summed E-state index contributed by atoms with van der Waals surface area (Å²) in [5, 5.41) is 0. The Kier molecular flexibility index (Phi) is 5.22. The molecule has 0 atom stereocenters. The fraction of sp³-hybridized carbons (Fsp3) is 0.750. The van der Waals surface area contributed by atoms with Crippen LogP contribution in [0.15, 0.2) is 5.57 Å². The SMILES string of the molecule is C[C]=C1CCCCC1.[Cu]. The third kappa shape index (κ3) is 3.07. The van der Waals surface area contributed by atoms with Gasteiger partial charge in [-0.05, 0) is 38.7 Å². The van der Waals surface area contributed by atoms with Gasteiger partial charge in [0.15, 0.2) is 0 Å². The summed E-state index contributed by atoms with van der Waals surface area (Å²) in [6, 6.07) is 0. The molecule has 0 N–H and O–H groups in total. The molecule has 0 saturated heterocycles. The number of hydrogen-bond acceptors (Lipinski definition) is 0. The Balaban J connectivity index is 0.000000640. The zero-order chi connectivity index (χ0) is 5.82. The Morgan fingerprint density at radius 2 is 1.67 bits per heavy atom. The van der Waals surface area contributed by atoms with E-state index in [0.717, 1.165) is 0 Å². The van der Waals surface area contributed by atoms with E-state index in [1.807, 2.05) is 6.92 Å². The molecular weight excluding hydrogens is 160 g/mol. The van der Waals surface area contributed by atoms with E-state index in [1.54, 1.807) is 5.57 Å². The third-order valence-corrected chi connectivity index (χ3v) is 1.81. The minimum absolute atomic E-state index is 0. The van der Waals surface area contributed by atoms with Crippen molar-refractivity contribution in [1.82, 2.24) is 0 Å². The summed E-state index contributed by atoms with van der Waals surface area (Å²) in [7, 11) is 0. The van der Waals surface area contributed by atoms with E-state index in [9.17, 15) is 0 Å². The fourth-order valence-electron chi connectivity index (χ4n) is 1.23. The van der Waals surface area contributed by atoms with Crippen LogP contribution in [0.25, 0.3) is 0 Å². The van der Waals surface area contributed by atoms with Gasteiger partial charge in [0.2, 0.25) is 0 Å². The molecule has 0 aromatic heterocycles. The van der Waals surface area contributed by atoms with Crippen LogP contribution in [0.5, 0.6) is 0 Å². The zero-order valence-corrected chi connectivity index (χ0v) is 6.78. The molecule has 0 aromatic carbocycles. The van der Waals surface area contributed by atoms with Crippen LogP contribution in [0.3, 0.4) is 0 Å². The summed E-state index contributed by atoms with van der Waals surface area (Å²) in [6.07, 6.45) is 10.1. The molecule has 0 unspecified atom stereocenters. The first-order valence-corrected chi connectivity index (χ1v) is 3.46. The molecule has 0 aliphatic heterocycles. The van der Waals surface area contributed by atoms with Crippen LogP contribution in [0.1, 0.15) is 39.0 Å². The predicted molar refractivity (Wildman–Crippen MR) is 35.5 cm³/mol. The van der Waals surface area contributed by atoms with E-state index in [4.69, 9.17) is 0 Å². The summed E-state index contributed by atoms with van der Waals surface area (Å²) in [5.41, 5.74) is 1.55. The normalized spacial score (nSPS) is 18.6. The summed E-state index contributed by atoms with van der Waals surface area (Å²) in [5.74, 6) is 0. The molecule has 9 heavy (non-hydrogen) atoms. The minimum Gasteiger partial charge on any atom is -0.0670 e. The first-order valence-electron chi connectivity index (χ1n) is 3.46. The molecule has 0 spiro atoms. The zero-order valence-electron chi connectivity index (χ0n) is 5.84. The van der Waals surface area contributed by atoms with Crippen LogP contribution in [-0.4, -0.2) is 0 Å². The molecule has 1 rings (SSSR count). The smallest absolute Gasteiger partial charge is 0 e. The topological polar surface area (TPSA) is 0 Å². The van der Waals surface area contributed by atoms with Gasteiger partial charge in [-0.1, -0.05) is 12.0 Å². The van der Waals surface area contributed by atoms with E-state index in [2.05, 4.69) is 6.08 Å². The molecule has 0 bridgehead atoms. The van der Waals surface area contributed by atoms with Gasteiger partial charge in [-0.25, -0.2) is 0 Å². The molecule has 56 valence electrons. The van der Waals surface area contributed by atoms with E-state index in [0.29, 0.717) is 0 Å². The second-order valence-electron chi connectivity index (χ2n) is 2.41. The van der Waals surface area contributed by atoms with Gasteiger partial charge >= 0.3 is 0 Å². The molecule has 1 aliphatic rings. The van der Waals surface area contributed by atoms with Crippen LogP contribution < -0.4 is 0 Å². The molecule has 0 amide bonds. The molecule has 1 saturated carbocycles. The Hall–Kier alpha value is 0.259. The summed E-state index contributed by atoms with van der Waals surface area (Å²) in [4.78, 5) is 0. The first kappa shape index (κ1) is 9.26. The molecule has 1 heteroatoms. The third-order valence-electron chi connectivity index (χ3n) is 1.81. The van der Waals surface area contributed by atoms with Crippen LogP contribution in [-0.2, 0) is 17.1 Å². The van der Waals surface area contributed by atoms with Crippen molar-refractivity contribution in [3.8, 4) is 0 Å². The van der Waals surface area contributed by atoms with Crippen molar-refractivity contribution in [2.24, 2.45) is 0 Å². The van der Waals surface area contributed by atoms with Crippen molar-refractivity contribution >= 4 is 0 Å². The molecule has 0 heterocycles. The average Bonchev–Trinajstić information content (AvgIpc) is 1.90. The standard InChI is InChI=1S/C8H13.Cu/c1-2-8-6-4-3-5-7-8;/h3-7H2,1H3;. The van der Waals surface area contributed by atoms with E-state index in [-0.39, 0.29) is 17.1 Å². The van der Waals surface area contributed by atoms with Crippen molar-refractivity contribution in [2.75, 3.05) is 0 Å². The molecule has 1 aliphatic carbocycles. The van der Waals surface area contributed by atoms with Gasteiger partial charge in [-0.3, -0.25) is 0 Å². The first-order chi connectivity index (χ1) is 3.93. The van der Waals surface area contributed by atoms with Gasteiger partial charge in [-0.2, -0.15) is 0 Å². The maximum absolute atomic E-state index is 3.22. The Morgan fingerprint density at radius 1 is 1.11 bits per heavy atom. The van der Waals surface area contributed by atoms with E-state index < -0.39 is 0 Å². The number of hydrogen-bond donors (Lipinski definition) is 0. The van der Waals surface area contributed by atoms with E-state index in [1.165, 1.54) is 32.1 Å². The number of allylic oxidation sites excluding steroid dienone is 2. The number of rotatable bonds is 0. The van der Waals surface area contributed by atoms with Crippen LogP contribution in [0.2, 0.25) is 0 Å². The van der Waals surface area contributed by atoms with Crippen molar-refractivity contribution in [1.29, 1.82) is 0 Å². The van der Waals surface area contributed by atoms with Gasteiger partial charge in [0.1, 0.15) is 0 Å². The van der Waals surface area contributed by atoms with Crippen LogP contribution >= 0.6 is 0 Å². The van der Waals surface area contributed by atoms with Crippen LogP contribution in [0, 0.1) is 6.08 Å². The molecular formula is C8H13Cu. The van der Waals surface area contributed by atoms with Gasteiger partial charge in [0.25, 0.3) is 0 Å². The molecule has 0 nitrogen and oxygen atoms in total. The van der Waals surface area contributed by atoms with Crippen molar-refractivity contribution in [3.05, 3.63) is 11.6 Å². The Labute approximate surface area is 68.2 Å². The van der Waals surface area contributed by atoms with E-state index >= 15 is 0 Å². The second kappa shape index (κ2) is 5.08. The van der Waals surface area contributed by atoms with Crippen molar-refractivity contribution < 1.29 is 17.1 Å². The van der Waals surface area contributed by atoms with Gasteiger partial charge < -0.3 is 0 Å². The summed E-state index contributed by atoms with van der Waals surface area (Å²) < 4.78 is 0. The Morgan fingerprint density at radius 3 is 2.00 bits per heavy atom. The predicted octanol–water partition coefficient (Wildman–Crippen LogP) is 2.70. The molecule has 0 aromatic rings. The minimum atomic E-state index is 0. The quantitative estimate of drug-likeness (QED) is 0.493. The van der Waals surface area contributed by atoms with Crippen molar-refractivity contribution in [3.63, 3.8) is 0 Å². The van der Waals surface area contributed by atoms with Gasteiger partial charge in [-0.15, -0.1) is 0 Å². The summed E-state index contributed by atoms with van der Waals surface area (Å²) >= 11 is 0. The maximum Gasteiger partial charge on any atom is 0 e. The Bertz CT molecular complexity index is 86.7. The monoisotopic (exact) mass is 172 g/mol. The molecule has 2 radical (unpaired) electrons. The fourth-order valence-corrected chi connectivity index (χ4v) is 1.23. The summed E-state index contributed by atoms with van der Waals surface area (Å²) in [6.45, 7) is 2.03. The van der Waals surface area contributed by atoms with Crippen molar-refractivity contribution in [2.45, 2.75) is 39.0 Å². The van der Waals surface area contributed by atoms with Gasteiger partial charge in [0.05, 0.1) is 0 Å². The largest absolute Gasteiger partial charge is 0.0670 e. The maximum atomic E-state index is 3.22. The molecule has 1 fully saturated rings.